The van der Waals surface area contributed by atoms with Gasteiger partial charge < -0.3 is 15.4 Å². The van der Waals surface area contributed by atoms with Crippen LogP contribution in [0.3, 0.4) is 0 Å². The Morgan fingerprint density at radius 2 is 1.61 bits per heavy atom. The minimum Gasteiger partial charge on any atom is -0.487 e. The average molecular weight is 612 g/mol. The molecule has 0 aliphatic carbocycles. The van der Waals surface area contributed by atoms with Crippen LogP contribution in [0, 0.1) is 5.82 Å². The topological polar surface area (TPSA) is 144 Å². The number of carbonyl (C=O) groups excluding carboxylic acids is 2. The first-order valence-electron chi connectivity index (χ1n) is 11.2. The minimum absolute atomic E-state index is 0.0438. The number of nitrogens with zero attached hydrogens (tertiary/aromatic N) is 3. The molecular formula is C22H19F7N6O5S. The Bertz CT molecular complexity index is 1490. The third-order valence-corrected chi connectivity index (χ3v) is 6.17. The molecule has 1 heterocycles. The Hall–Kier alpha value is -4.26. The van der Waals surface area contributed by atoms with Gasteiger partial charge in [-0.2, -0.15) is 26.3 Å². The number of halogens is 7. The van der Waals surface area contributed by atoms with Crippen molar-refractivity contribution >= 4 is 21.8 Å². The summed E-state index contributed by atoms with van der Waals surface area (Å²) in [5.74, 6) is -2.58. The van der Waals surface area contributed by atoms with Crippen molar-refractivity contribution in [1.82, 2.24) is 30.3 Å². The van der Waals surface area contributed by atoms with Gasteiger partial charge in [0.25, 0.3) is 11.8 Å². The van der Waals surface area contributed by atoms with Crippen LogP contribution in [0.1, 0.15) is 26.5 Å². The van der Waals surface area contributed by atoms with Crippen molar-refractivity contribution in [3.63, 3.8) is 0 Å². The zero-order valence-electron chi connectivity index (χ0n) is 20.4. The lowest BCUT2D eigenvalue weighted by molar-refractivity contribution is -0.123. The van der Waals surface area contributed by atoms with Gasteiger partial charge in [-0.15, -0.1) is 5.10 Å². The van der Waals surface area contributed by atoms with E-state index in [-0.39, 0.29) is 22.7 Å². The molecule has 0 aliphatic rings. The number of alkyl halides is 6. The van der Waals surface area contributed by atoms with E-state index in [2.05, 4.69) is 15.6 Å². The Morgan fingerprint density at radius 3 is 2.22 bits per heavy atom. The second-order valence-corrected chi connectivity index (χ2v) is 9.75. The predicted octanol–water partition coefficient (Wildman–Crippen LogP) is 2.45. The van der Waals surface area contributed by atoms with E-state index >= 15 is 0 Å². The summed E-state index contributed by atoms with van der Waals surface area (Å²) in [5.41, 5.74) is -5.96. The molecule has 0 saturated carbocycles. The molecule has 2 amide bonds. The number of hydrogen-bond acceptors (Lipinski definition) is 7. The van der Waals surface area contributed by atoms with Gasteiger partial charge in [0, 0.05) is 24.7 Å². The monoisotopic (exact) mass is 612 g/mol. The van der Waals surface area contributed by atoms with Crippen molar-refractivity contribution in [3.05, 3.63) is 71.3 Å². The summed E-state index contributed by atoms with van der Waals surface area (Å²) in [5, 5.41) is 11.4. The molecule has 11 nitrogen and oxygen atoms in total. The second-order valence-electron chi connectivity index (χ2n) is 7.99. The zero-order chi connectivity index (χ0) is 30.4. The quantitative estimate of drug-likeness (QED) is 0.223. The van der Waals surface area contributed by atoms with Crippen molar-refractivity contribution in [1.29, 1.82) is 0 Å². The highest BCUT2D eigenvalue weighted by molar-refractivity contribution is 7.90. The molecule has 0 spiro atoms. The lowest BCUT2D eigenvalue weighted by Gasteiger charge is -2.12. The Kier molecular flexibility index (Phi) is 9.53. The first-order chi connectivity index (χ1) is 19.1. The van der Waals surface area contributed by atoms with Crippen molar-refractivity contribution in [2.24, 2.45) is 0 Å². The maximum Gasteiger partial charge on any atom is 0.511 e. The highest BCUT2D eigenvalue weighted by atomic mass is 32.2. The van der Waals surface area contributed by atoms with Crippen molar-refractivity contribution < 1.29 is 53.5 Å². The molecule has 1 aromatic heterocycles. The molecule has 19 heteroatoms. The van der Waals surface area contributed by atoms with E-state index in [0.717, 1.165) is 16.8 Å². The van der Waals surface area contributed by atoms with Crippen LogP contribution < -0.4 is 20.1 Å². The molecule has 222 valence electrons. The van der Waals surface area contributed by atoms with E-state index in [1.165, 1.54) is 41.1 Å². The van der Waals surface area contributed by atoms with E-state index in [0.29, 0.717) is 0 Å². The third kappa shape index (κ3) is 8.61. The molecule has 3 N–H and O–H groups in total. The number of rotatable bonds is 11. The third-order valence-electron chi connectivity index (χ3n) is 4.98. The van der Waals surface area contributed by atoms with Crippen LogP contribution in [0.25, 0.3) is 5.69 Å². The molecule has 41 heavy (non-hydrogen) atoms. The average Bonchev–Trinajstić information content (AvgIpc) is 3.31. The van der Waals surface area contributed by atoms with E-state index in [9.17, 15) is 48.7 Å². The smallest absolute Gasteiger partial charge is 0.487 e. The lowest BCUT2D eigenvalue weighted by atomic mass is 10.2. The largest absolute Gasteiger partial charge is 0.511 e. The van der Waals surface area contributed by atoms with E-state index in [1.54, 1.807) is 5.32 Å². The van der Waals surface area contributed by atoms with Crippen LogP contribution in [0.4, 0.5) is 30.7 Å². The Balaban J connectivity index is 1.80. The van der Waals surface area contributed by atoms with Crippen molar-refractivity contribution in [3.8, 4) is 11.4 Å². The van der Waals surface area contributed by atoms with Gasteiger partial charge in [0.2, 0.25) is 0 Å². The molecule has 3 rings (SSSR count). The fourth-order valence-electron chi connectivity index (χ4n) is 3.09. The van der Waals surface area contributed by atoms with Crippen LogP contribution in [0.2, 0.25) is 0 Å². The second kappa shape index (κ2) is 12.5. The summed E-state index contributed by atoms with van der Waals surface area (Å²) in [6, 6.07) is 9.83. The van der Waals surface area contributed by atoms with E-state index in [1.807, 2.05) is 0 Å². The number of amides is 2. The van der Waals surface area contributed by atoms with E-state index < -0.39 is 71.3 Å². The SMILES string of the molecule is O=C(NCC(F)(F)F)c1ccc(-n2nnc(C(=O)NCCNS(=O)(=O)C(F)(F)F)c2COc2cccc(F)c2)cc1. The minimum atomic E-state index is -5.63. The number of nitrogens with one attached hydrogen (secondary N) is 3. The fourth-order valence-corrected chi connectivity index (χ4v) is 3.62. The molecule has 0 radical (unpaired) electrons. The highest BCUT2D eigenvalue weighted by Gasteiger charge is 2.45. The number of sulfonamides is 1. The first-order valence-corrected chi connectivity index (χ1v) is 12.7. The molecular weight excluding hydrogens is 593 g/mol. The standard InChI is InChI=1S/C22H19F7N6O5S/c23-14-2-1-3-16(10-14)40-11-17-18(20(37)30-8-9-32-41(38,39)22(27,28)29)33-34-35(17)15-6-4-13(5-7-15)19(36)31-12-21(24,25)26/h1-7,10,32H,8-9,11-12H2,(H,30,37)(H,31,36). The summed E-state index contributed by atoms with van der Waals surface area (Å²) in [7, 11) is -5.63. The Labute approximate surface area is 226 Å². The van der Waals surface area contributed by atoms with E-state index in [4.69, 9.17) is 4.74 Å². The van der Waals surface area contributed by atoms with Gasteiger partial charge >= 0.3 is 21.7 Å². The summed E-state index contributed by atoms with van der Waals surface area (Å²) in [4.78, 5) is 24.7. The predicted molar refractivity (Wildman–Crippen MR) is 126 cm³/mol. The lowest BCUT2D eigenvalue weighted by Crippen LogP contribution is -2.41. The zero-order valence-corrected chi connectivity index (χ0v) is 21.2. The number of benzene rings is 2. The number of carbonyl (C=O) groups is 2. The summed E-state index contributed by atoms with van der Waals surface area (Å²) in [6.07, 6.45) is -4.62. The van der Waals surface area contributed by atoms with Gasteiger partial charge in [-0.05, 0) is 36.4 Å². The molecule has 0 saturated heterocycles. The van der Waals surface area contributed by atoms with Crippen molar-refractivity contribution in [2.75, 3.05) is 19.6 Å². The molecule has 0 unspecified atom stereocenters. The van der Waals surface area contributed by atoms with Crippen LogP contribution in [0.15, 0.2) is 48.5 Å². The van der Waals surface area contributed by atoms with Crippen molar-refractivity contribution in [2.45, 2.75) is 18.3 Å². The maximum absolute atomic E-state index is 13.6. The van der Waals surface area contributed by atoms with Crippen LogP contribution >= 0.6 is 0 Å². The van der Waals surface area contributed by atoms with Crippen LogP contribution in [-0.4, -0.2) is 66.5 Å². The van der Waals surface area contributed by atoms with Crippen LogP contribution in [0.5, 0.6) is 5.75 Å². The summed E-state index contributed by atoms with van der Waals surface area (Å²) < 4.78 is 118. The molecule has 2 aromatic carbocycles. The number of ether oxygens (including phenoxy) is 1. The number of aromatic nitrogens is 3. The summed E-state index contributed by atoms with van der Waals surface area (Å²) in [6.45, 7) is -3.39. The highest BCUT2D eigenvalue weighted by Crippen LogP contribution is 2.21. The van der Waals surface area contributed by atoms with Gasteiger partial charge in [0.15, 0.2) is 5.69 Å². The van der Waals surface area contributed by atoms with Gasteiger partial charge in [0.1, 0.15) is 30.4 Å². The fraction of sp³-hybridized carbons (Fsp3) is 0.273. The number of hydrogen-bond donors (Lipinski definition) is 3. The maximum atomic E-state index is 13.6. The molecule has 3 aromatic rings. The molecule has 0 aliphatic heterocycles. The first kappa shape index (κ1) is 31.3. The van der Waals surface area contributed by atoms with Gasteiger partial charge in [0.05, 0.1) is 5.69 Å². The summed E-state index contributed by atoms with van der Waals surface area (Å²) >= 11 is 0. The molecule has 0 bridgehead atoms. The van der Waals surface area contributed by atoms with Gasteiger partial charge in [-0.25, -0.2) is 22.2 Å². The molecule has 0 atom stereocenters. The van der Waals surface area contributed by atoms with Gasteiger partial charge in [-0.3, -0.25) is 9.59 Å². The molecule has 0 fully saturated rings. The normalized spacial score (nSPS) is 12.2. The van der Waals surface area contributed by atoms with Crippen LogP contribution in [-0.2, 0) is 16.6 Å². The van der Waals surface area contributed by atoms with Gasteiger partial charge in [-0.1, -0.05) is 11.3 Å². The Morgan fingerprint density at radius 1 is 0.927 bits per heavy atom.